The Labute approximate surface area is 166 Å². The van der Waals surface area contributed by atoms with Gasteiger partial charge in [0.05, 0.1) is 30.5 Å². The molecule has 8 nitrogen and oxygen atoms in total. The molecule has 0 heterocycles. The summed E-state index contributed by atoms with van der Waals surface area (Å²) in [5, 5.41) is 5.47. The van der Waals surface area contributed by atoms with Crippen molar-refractivity contribution in [2.45, 2.75) is 6.42 Å². The number of carbonyl (C=O) groups excluding carboxylic acids is 3. The molecule has 0 unspecified atom stereocenters. The average Bonchev–Trinajstić information content (AvgIpc) is 2.67. The monoisotopic (exact) mass is 405 g/mol. The van der Waals surface area contributed by atoms with Crippen molar-refractivity contribution in [3.05, 3.63) is 52.5 Å². The molecule has 2 rings (SSSR count). The first-order valence-electron chi connectivity index (χ1n) is 8.25. The summed E-state index contributed by atoms with van der Waals surface area (Å²) in [5.74, 6) is -0.831. The molecule has 0 aliphatic rings. The van der Waals surface area contributed by atoms with Crippen LogP contribution in [0.5, 0.6) is 11.5 Å². The zero-order valence-electron chi connectivity index (χ0n) is 15.4. The number of rotatable bonds is 8. The second-order valence-electron chi connectivity index (χ2n) is 5.67. The molecule has 3 amide bonds. The third kappa shape index (κ3) is 5.14. The molecule has 0 spiro atoms. The lowest BCUT2D eigenvalue weighted by atomic mass is 10.1. The van der Waals surface area contributed by atoms with Gasteiger partial charge in [0.1, 0.15) is 0 Å². The summed E-state index contributed by atoms with van der Waals surface area (Å²) in [4.78, 5) is 35.8. The topological polar surface area (TPSA) is 120 Å². The van der Waals surface area contributed by atoms with E-state index in [2.05, 4.69) is 10.6 Å². The molecule has 0 aliphatic heterocycles. The van der Waals surface area contributed by atoms with Gasteiger partial charge in [-0.25, -0.2) is 0 Å². The van der Waals surface area contributed by atoms with E-state index in [4.69, 9.17) is 26.8 Å². The minimum Gasteiger partial charge on any atom is -0.493 e. The second-order valence-corrected chi connectivity index (χ2v) is 6.07. The van der Waals surface area contributed by atoms with Crippen molar-refractivity contribution in [2.24, 2.45) is 5.73 Å². The fraction of sp³-hybridized carbons (Fsp3) is 0.211. The molecule has 0 fully saturated rings. The number of methoxy groups -OCH3 is 2. The normalized spacial score (nSPS) is 10.1. The number of para-hydroxylation sites is 1. The number of anilines is 1. The largest absolute Gasteiger partial charge is 0.493 e. The van der Waals surface area contributed by atoms with Crippen LogP contribution in [0.4, 0.5) is 5.69 Å². The van der Waals surface area contributed by atoms with Gasteiger partial charge < -0.3 is 25.8 Å². The highest BCUT2D eigenvalue weighted by molar-refractivity contribution is 6.32. The number of ether oxygens (including phenoxy) is 2. The standard InChI is InChI=1S/C19H20ClN3O5/c1-27-15-10-11(9-13(20)17(15)28-2)18(25)23-14-6-4-3-5-12(14)19(26)22-8-7-16(21)24/h3-6,9-10H,7-8H2,1-2H3,(H2,21,24)(H,22,26)(H,23,25). The van der Waals surface area contributed by atoms with Crippen molar-refractivity contribution in [3.8, 4) is 11.5 Å². The SMILES string of the molecule is COc1cc(C(=O)Nc2ccccc2C(=O)NCCC(N)=O)cc(Cl)c1OC. The van der Waals surface area contributed by atoms with Gasteiger partial charge in [-0.1, -0.05) is 23.7 Å². The second kappa shape index (κ2) is 9.61. The van der Waals surface area contributed by atoms with Crippen LogP contribution in [0.25, 0.3) is 0 Å². The fourth-order valence-corrected chi connectivity index (χ4v) is 2.72. The number of primary amides is 1. The zero-order chi connectivity index (χ0) is 20.7. The van der Waals surface area contributed by atoms with Crippen molar-refractivity contribution < 1.29 is 23.9 Å². The Bertz CT molecular complexity index is 901. The molecule has 0 bridgehead atoms. The van der Waals surface area contributed by atoms with E-state index < -0.39 is 17.7 Å². The Morgan fingerprint density at radius 2 is 1.79 bits per heavy atom. The predicted molar refractivity (Wildman–Crippen MR) is 105 cm³/mol. The maximum atomic E-state index is 12.7. The molecular formula is C19H20ClN3O5. The molecule has 2 aromatic rings. The molecule has 148 valence electrons. The van der Waals surface area contributed by atoms with Crippen LogP contribution in [0.2, 0.25) is 5.02 Å². The van der Waals surface area contributed by atoms with E-state index in [0.717, 1.165) is 0 Å². The number of hydrogen-bond acceptors (Lipinski definition) is 5. The van der Waals surface area contributed by atoms with Gasteiger partial charge in [-0.05, 0) is 24.3 Å². The van der Waals surface area contributed by atoms with Gasteiger partial charge in [0.25, 0.3) is 11.8 Å². The van der Waals surface area contributed by atoms with Crippen LogP contribution in [0, 0.1) is 0 Å². The van der Waals surface area contributed by atoms with Crippen LogP contribution in [0.1, 0.15) is 27.1 Å². The molecule has 0 atom stereocenters. The van der Waals surface area contributed by atoms with Crippen LogP contribution < -0.4 is 25.8 Å². The zero-order valence-corrected chi connectivity index (χ0v) is 16.1. The van der Waals surface area contributed by atoms with E-state index in [1.807, 2.05) is 0 Å². The summed E-state index contributed by atoms with van der Waals surface area (Å²) in [7, 11) is 2.87. The quantitative estimate of drug-likeness (QED) is 0.622. The van der Waals surface area contributed by atoms with Gasteiger partial charge in [-0.15, -0.1) is 0 Å². The number of carbonyl (C=O) groups is 3. The molecule has 4 N–H and O–H groups in total. The maximum absolute atomic E-state index is 12.7. The van der Waals surface area contributed by atoms with Gasteiger partial charge in [0.15, 0.2) is 11.5 Å². The van der Waals surface area contributed by atoms with Crippen LogP contribution in [-0.2, 0) is 4.79 Å². The number of hydrogen-bond donors (Lipinski definition) is 3. The van der Waals surface area contributed by atoms with Crippen molar-refractivity contribution in [2.75, 3.05) is 26.1 Å². The van der Waals surface area contributed by atoms with Gasteiger partial charge in [-0.3, -0.25) is 14.4 Å². The molecule has 0 saturated heterocycles. The van der Waals surface area contributed by atoms with Gasteiger partial charge in [0, 0.05) is 18.5 Å². The number of halogens is 1. The number of amides is 3. The summed E-state index contributed by atoms with van der Waals surface area (Å²) < 4.78 is 10.3. The van der Waals surface area contributed by atoms with Crippen LogP contribution >= 0.6 is 11.6 Å². The summed E-state index contributed by atoms with van der Waals surface area (Å²) >= 11 is 6.14. The Morgan fingerprint density at radius 1 is 1.07 bits per heavy atom. The lowest BCUT2D eigenvalue weighted by Crippen LogP contribution is -2.28. The van der Waals surface area contributed by atoms with Gasteiger partial charge in [0.2, 0.25) is 5.91 Å². The van der Waals surface area contributed by atoms with E-state index >= 15 is 0 Å². The van der Waals surface area contributed by atoms with Crippen molar-refractivity contribution in [1.82, 2.24) is 5.32 Å². The van der Waals surface area contributed by atoms with Crippen LogP contribution in [-0.4, -0.2) is 38.5 Å². The minimum atomic E-state index is -0.521. The van der Waals surface area contributed by atoms with E-state index in [1.54, 1.807) is 24.3 Å². The van der Waals surface area contributed by atoms with E-state index in [-0.39, 0.29) is 29.1 Å². The lowest BCUT2D eigenvalue weighted by Gasteiger charge is -2.13. The van der Waals surface area contributed by atoms with E-state index in [9.17, 15) is 14.4 Å². The summed E-state index contributed by atoms with van der Waals surface area (Å²) in [6, 6.07) is 9.40. The summed E-state index contributed by atoms with van der Waals surface area (Å²) in [6.07, 6.45) is 0.0183. The molecule has 0 aromatic heterocycles. The highest BCUT2D eigenvalue weighted by Gasteiger charge is 2.18. The third-order valence-electron chi connectivity index (χ3n) is 3.77. The Kier molecular flexibility index (Phi) is 7.22. The van der Waals surface area contributed by atoms with E-state index in [0.29, 0.717) is 17.2 Å². The lowest BCUT2D eigenvalue weighted by molar-refractivity contribution is -0.117. The highest BCUT2D eigenvalue weighted by Crippen LogP contribution is 2.36. The summed E-state index contributed by atoms with van der Waals surface area (Å²) in [5.41, 5.74) is 5.83. The van der Waals surface area contributed by atoms with Gasteiger partial charge >= 0.3 is 0 Å². The van der Waals surface area contributed by atoms with Crippen LogP contribution in [0.3, 0.4) is 0 Å². The Hall–Kier alpha value is -3.26. The molecule has 0 aliphatic carbocycles. The number of nitrogens with one attached hydrogen (secondary N) is 2. The van der Waals surface area contributed by atoms with Crippen molar-refractivity contribution >= 4 is 35.0 Å². The summed E-state index contributed by atoms with van der Waals surface area (Å²) in [6.45, 7) is 0.0989. The first-order chi connectivity index (χ1) is 13.4. The maximum Gasteiger partial charge on any atom is 0.255 e. The van der Waals surface area contributed by atoms with Crippen LogP contribution in [0.15, 0.2) is 36.4 Å². The van der Waals surface area contributed by atoms with E-state index in [1.165, 1.54) is 26.4 Å². The third-order valence-corrected chi connectivity index (χ3v) is 4.05. The number of benzene rings is 2. The fourth-order valence-electron chi connectivity index (χ4n) is 2.43. The Balaban J connectivity index is 2.22. The number of nitrogens with two attached hydrogens (primary N) is 1. The van der Waals surface area contributed by atoms with Crippen molar-refractivity contribution in [1.29, 1.82) is 0 Å². The highest BCUT2D eigenvalue weighted by atomic mass is 35.5. The predicted octanol–water partition coefficient (Wildman–Crippen LogP) is 2.21. The molecular weight excluding hydrogens is 386 g/mol. The Morgan fingerprint density at radius 3 is 2.43 bits per heavy atom. The minimum absolute atomic E-state index is 0.0183. The molecule has 2 aromatic carbocycles. The first kappa shape index (κ1) is 21.0. The van der Waals surface area contributed by atoms with Crippen molar-refractivity contribution in [3.63, 3.8) is 0 Å². The molecule has 28 heavy (non-hydrogen) atoms. The molecule has 0 saturated carbocycles. The molecule has 9 heteroatoms. The first-order valence-corrected chi connectivity index (χ1v) is 8.63. The smallest absolute Gasteiger partial charge is 0.255 e. The average molecular weight is 406 g/mol. The molecule has 0 radical (unpaired) electrons. The van der Waals surface area contributed by atoms with Gasteiger partial charge in [-0.2, -0.15) is 0 Å².